The summed E-state index contributed by atoms with van der Waals surface area (Å²) in [6, 6.07) is 11.0. The largest absolute Gasteiger partial charge is 0.323 e. The zero-order valence-electron chi connectivity index (χ0n) is 17.2. The van der Waals surface area contributed by atoms with Crippen molar-refractivity contribution in [3.8, 4) is 0 Å². The summed E-state index contributed by atoms with van der Waals surface area (Å²) in [7, 11) is 0. The van der Waals surface area contributed by atoms with E-state index in [0.29, 0.717) is 10.9 Å². The van der Waals surface area contributed by atoms with Crippen LogP contribution in [0.3, 0.4) is 0 Å². The summed E-state index contributed by atoms with van der Waals surface area (Å²) in [5, 5.41) is 3.93. The number of nitrogens with one attached hydrogen (secondary N) is 1. The van der Waals surface area contributed by atoms with E-state index >= 15 is 0 Å². The van der Waals surface area contributed by atoms with Crippen molar-refractivity contribution in [3.63, 3.8) is 0 Å². The first-order valence-electron chi connectivity index (χ1n) is 10.7. The van der Waals surface area contributed by atoms with Gasteiger partial charge in [-0.25, -0.2) is 8.78 Å². The number of carbonyl (C=O) groups excluding carboxylic acids is 1. The molecule has 1 aromatic heterocycles. The highest BCUT2D eigenvalue weighted by Gasteiger charge is 2.65. The Hall–Kier alpha value is -2.53. The van der Waals surface area contributed by atoms with Gasteiger partial charge in [-0.05, 0) is 91.0 Å². The van der Waals surface area contributed by atoms with Crippen molar-refractivity contribution in [1.82, 2.24) is 4.98 Å². The number of nitrogens with zero attached hydrogens (tertiary/aromatic N) is 1. The lowest BCUT2D eigenvalue weighted by molar-refractivity contribution is -0.118. The number of fused-ring (bicyclic) bond motifs is 1. The molecule has 1 unspecified atom stereocenters. The zero-order chi connectivity index (χ0) is 21.8. The molecule has 6 heteroatoms. The van der Waals surface area contributed by atoms with Crippen LogP contribution in [0.15, 0.2) is 48.7 Å². The zero-order valence-corrected chi connectivity index (χ0v) is 17.9. The summed E-state index contributed by atoms with van der Waals surface area (Å²) < 4.78 is 27.9. The number of amides is 1. The second-order valence-electron chi connectivity index (χ2n) is 8.95. The molecule has 0 saturated heterocycles. The van der Waals surface area contributed by atoms with Crippen molar-refractivity contribution in [3.05, 3.63) is 70.9 Å². The molecule has 1 amide bonds. The van der Waals surface area contributed by atoms with Gasteiger partial charge in [0, 0.05) is 22.5 Å². The third-order valence-electron chi connectivity index (χ3n) is 7.48. The summed E-state index contributed by atoms with van der Waals surface area (Å²) >= 11 is 5.80. The third-order valence-corrected chi connectivity index (χ3v) is 7.72. The van der Waals surface area contributed by atoms with E-state index in [0.717, 1.165) is 42.1 Å². The molecule has 2 atom stereocenters. The van der Waals surface area contributed by atoms with Crippen molar-refractivity contribution >= 4 is 34.1 Å². The van der Waals surface area contributed by atoms with Gasteiger partial charge in [0.2, 0.25) is 5.91 Å². The van der Waals surface area contributed by atoms with E-state index in [1.807, 2.05) is 6.07 Å². The Balaban J connectivity index is 1.30. The van der Waals surface area contributed by atoms with E-state index in [1.165, 1.54) is 18.2 Å². The quantitative estimate of drug-likeness (QED) is 0.491. The smallest absolute Gasteiger partial charge is 0.228 e. The first kappa shape index (κ1) is 20.4. The average Bonchev–Trinajstić information content (AvgIpc) is 3.32. The number of carbonyl (C=O) groups is 1. The number of rotatable bonds is 3. The fourth-order valence-electron chi connectivity index (χ4n) is 5.72. The minimum atomic E-state index is -0.524. The van der Waals surface area contributed by atoms with Crippen LogP contribution in [0.2, 0.25) is 5.02 Å². The van der Waals surface area contributed by atoms with Gasteiger partial charge in [0.05, 0.1) is 11.2 Å². The summed E-state index contributed by atoms with van der Waals surface area (Å²) in [5.74, 6) is -0.433. The van der Waals surface area contributed by atoms with E-state index in [4.69, 9.17) is 11.6 Å². The predicted molar refractivity (Wildman–Crippen MR) is 118 cm³/mol. The first-order chi connectivity index (χ1) is 14.9. The topological polar surface area (TPSA) is 42.0 Å². The molecule has 0 bridgehead atoms. The van der Waals surface area contributed by atoms with Crippen molar-refractivity contribution in [2.45, 2.75) is 38.5 Å². The van der Waals surface area contributed by atoms with Crippen LogP contribution < -0.4 is 5.32 Å². The summed E-state index contributed by atoms with van der Waals surface area (Å²) in [6.07, 6.45) is 5.53. The fraction of sp³-hybridized carbons (Fsp3) is 0.360. The van der Waals surface area contributed by atoms with Gasteiger partial charge in [0.15, 0.2) is 0 Å². The minimum Gasteiger partial charge on any atom is -0.323 e. The number of benzene rings is 2. The Morgan fingerprint density at radius 3 is 2.65 bits per heavy atom. The van der Waals surface area contributed by atoms with Crippen LogP contribution in [-0.2, 0) is 4.79 Å². The number of pyridine rings is 1. The van der Waals surface area contributed by atoms with E-state index in [2.05, 4.69) is 17.2 Å². The molecule has 0 radical (unpaired) electrons. The Kier molecular flexibility index (Phi) is 4.97. The molecular weight excluding hydrogens is 418 g/mol. The van der Waals surface area contributed by atoms with E-state index in [-0.39, 0.29) is 34.7 Å². The predicted octanol–water partition coefficient (Wildman–Crippen LogP) is 6.72. The van der Waals surface area contributed by atoms with Crippen molar-refractivity contribution in [1.29, 1.82) is 0 Å². The normalized spacial score (nSPS) is 27.4. The Bertz CT molecular complexity index is 1170. The van der Waals surface area contributed by atoms with Crippen molar-refractivity contribution < 1.29 is 13.6 Å². The van der Waals surface area contributed by atoms with E-state index in [9.17, 15) is 13.6 Å². The van der Waals surface area contributed by atoms with Crippen LogP contribution in [-0.4, -0.2) is 10.9 Å². The molecule has 1 spiro atoms. The van der Waals surface area contributed by atoms with Crippen LogP contribution in [0.4, 0.5) is 14.5 Å². The van der Waals surface area contributed by atoms with Gasteiger partial charge in [-0.2, -0.15) is 0 Å². The standard InChI is InChI=1S/C25H23ClF2N2O/c1-14-23(24(31)30-22-4-2-16(26)12-20(22)28)25(14)9-6-15(7-10-25)18-8-11-29-21-5-3-17(27)13-19(18)21/h2-5,8,11-15,23H,6-7,9-10H2,1H3,(H,30,31)/t14?,15-,23-,25+/m1/s1. The van der Waals surface area contributed by atoms with Crippen molar-refractivity contribution in [2.24, 2.45) is 17.3 Å². The van der Waals surface area contributed by atoms with Gasteiger partial charge in [-0.3, -0.25) is 9.78 Å². The molecule has 160 valence electrons. The van der Waals surface area contributed by atoms with Crippen LogP contribution >= 0.6 is 11.6 Å². The minimum absolute atomic E-state index is 0.0302. The monoisotopic (exact) mass is 440 g/mol. The Labute approximate surface area is 184 Å². The maximum absolute atomic E-state index is 14.1. The van der Waals surface area contributed by atoms with Crippen molar-refractivity contribution in [2.75, 3.05) is 5.32 Å². The van der Waals surface area contributed by atoms with Gasteiger partial charge < -0.3 is 5.32 Å². The highest BCUT2D eigenvalue weighted by Crippen LogP contribution is 2.67. The highest BCUT2D eigenvalue weighted by molar-refractivity contribution is 6.30. The molecule has 1 N–H and O–H groups in total. The highest BCUT2D eigenvalue weighted by atomic mass is 35.5. The van der Waals surface area contributed by atoms with Crippen LogP contribution in [0.1, 0.15) is 44.1 Å². The molecule has 2 aliphatic carbocycles. The molecule has 2 aliphatic rings. The molecule has 2 fully saturated rings. The van der Waals surface area contributed by atoms with Gasteiger partial charge >= 0.3 is 0 Å². The lowest BCUT2D eigenvalue weighted by Crippen LogP contribution is -2.23. The van der Waals surface area contributed by atoms with Gasteiger partial charge in [-0.1, -0.05) is 18.5 Å². The van der Waals surface area contributed by atoms with Crippen LogP contribution in [0.5, 0.6) is 0 Å². The molecular formula is C25H23ClF2N2O. The SMILES string of the molecule is CC1[C@H](C(=O)Nc2ccc(Cl)cc2F)[C@]12CC[C@@H](c1ccnc3ccc(F)cc31)CC2. The van der Waals surface area contributed by atoms with Gasteiger partial charge in [0.1, 0.15) is 11.6 Å². The van der Waals surface area contributed by atoms with E-state index in [1.54, 1.807) is 24.4 Å². The summed E-state index contributed by atoms with van der Waals surface area (Å²) in [6.45, 7) is 2.11. The van der Waals surface area contributed by atoms with E-state index < -0.39 is 5.82 Å². The van der Waals surface area contributed by atoms with Gasteiger partial charge in [0.25, 0.3) is 0 Å². The molecule has 31 heavy (non-hydrogen) atoms. The lowest BCUT2D eigenvalue weighted by Gasteiger charge is -2.31. The Morgan fingerprint density at radius 2 is 1.90 bits per heavy atom. The number of aromatic nitrogens is 1. The molecule has 1 heterocycles. The molecule has 5 rings (SSSR count). The number of hydrogen-bond donors (Lipinski definition) is 1. The second kappa shape index (κ2) is 7.56. The Morgan fingerprint density at radius 1 is 1.13 bits per heavy atom. The second-order valence-corrected chi connectivity index (χ2v) is 9.39. The number of halogens is 3. The maximum Gasteiger partial charge on any atom is 0.228 e. The first-order valence-corrected chi connectivity index (χ1v) is 11.1. The average molecular weight is 441 g/mol. The van der Waals surface area contributed by atoms with Crippen LogP contribution in [0, 0.1) is 28.9 Å². The molecule has 3 nitrogen and oxygen atoms in total. The molecule has 2 aromatic carbocycles. The molecule has 2 saturated carbocycles. The lowest BCUT2D eigenvalue weighted by atomic mass is 9.74. The van der Waals surface area contributed by atoms with Gasteiger partial charge in [-0.15, -0.1) is 0 Å². The number of hydrogen-bond acceptors (Lipinski definition) is 2. The third kappa shape index (κ3) is 3.49. The molecule has 3 aromatic rings. The number of anilines is 1. The summed E-state index contributed by atoms with van der Waals surface area (Å²) in [4.78, 5) is 17.3. The molecule has 0 aliphatic heterocycles. The fourth-order valence-corrected chi connectivity index (χ4v) is 5.88. The van der Waals surface area contributed by atoms with Crippen LogP contribution in [0.25, 0.3) is 10.9 Å². The summed E-state index contributed by atoms with van der Waals surface area (Å²) in [5.41, 5.74) is 2.08. The maximum atomic E-state index is 14.1.